The Morgan fingerprint density at radius 3 is 2.75 bits per heavy atom. The zero-order valence-corrected chi connectivity index (χ0v) is 13.6. The highest BCUT2D eigenvalue weighted by Crippen LogP contribution is 2.21. The van der Waals surface area contributed by atoms with E-state index < -0.39 is 5.56 Å². The zero-order chi connectivity index (χ0) is 15.5. The Hall–Kier alpha value is -0.990. The van der Waals surface area contributed by atoms with E-state index in [0.717, 1.165) is 4.68 Å². The van der Waals surface area contributed by atoms with Crippen molar-refractivity contribution >= 4 is 21.6 Å². The first-order valence-corrected chi connectivity index (χ1v) is 7.28. The molecule has 1 rings (SSSR count). The van der Waals surface area contributed by atoms with E-state index >= 15 is 0 Å². The van der Waals surface area contributed by atoms with E-state index in [4.69, 9.17) is 9.84 Å². The van der Waals surface area contributed by atoms with E-state index in [2.05, 4.69) is 21.0 Å². The van der Waals surface area contributed by atoms with Crippen molar-refractivity contribution in [1.29, 1.82) is 0 Å². The maximum atomic E-state index is 13.7. The lowest BCUT2D eigenvalue weighted by Crippen LogP contribution is -2.28. The number of aromatic nitrogens is 2. The van der Waals surface area contributed by atoms with Crippen LogP contribution in [-0.2, 0) is 11.3 Å². The molecule has 0 spiro atoms. The minimum atomic E-state index is -0.486. The van der Waals surface area contributed by atoms with E-state index in [0.29, 0.717) is 11.7 Å². The second-order valence-corrected chi connectivity index (χ2v) is 4.17. The molecule has 116 valence electrons. The van der Waals surface area contributed by atoms with Crippen molar-refractivity contribution in [1.82, 2.24) is 9.78 Å². The minimum absolute atomic E-state index is 0.0115. The quantitative estimate of drug-likeness (QED) is 0.597. The molecule has 0 aliphatic heterocycles. The molecule has 6 nitrogen and oxygen atoms in total. The highest BCUT2D eigenvalue weighted by Gasteiger charge is 2.14. The first-order chi connectivity index (χ1) is 9.61. The van der Waals surface area contributed by atoms with Crippen LogP contribution in [0.3, 0.4) is 0 Å². The van der Waals surface area contributed by atoms with E-state index in [1.807, 2.05) is 20.8 Å². The molecule has 1 N–H and O–H groups in total. The van der Waals surface area contributed by atoms with Gasteiger partial charge >= 0.3 is 0 Å². The van der Waals surface area contributed by atoms with Crippen molar-refractivity contribution in [2.75, 3.05) is 31.5 Å². The highest BCUT2D eigenvalue weighted by molar-refractivity contribution is 9.10. The summed E-state index contributed by atoms with van der Waals surface area (Å²) in [5, 5.41) is 12.9. The predicted octanol–water partition coefficient (Wildman–Crippen LogP) is 1.75. The standard InChI is InChI=1S/C10H15BrFN3O3.C2H6/c1-2-18-6-4-14(12)8-7-13-15(3-5-16)10(17)9(8)11;1-2/h7,16H,2-6H2,1H3;1-2H3. The number of hydrogen-bond acceptors (Lipinski definition) is 5. The molecule has 1 aromatic rings. The number of nitrogens with zero attached hydrogens (tertiary/aromatic N) is 3. The van der Waals surface area contributed by atoms with Crippen molar-refractivity contribution in [2.45, 2.75) is 27.3 Å². The molecule has 20 heavy (non-hydrogen) atoms. The summed E-state index contributed by atoms with van der Waals surface area (Å²) in [6.07, 6.45) is 1.23. The molecular weight excluding hydrogens is 333 g/mol. The minimum Gasteiger partial charge on any atom is -0.394 e. The molecule has 0 fully saturated rings. The smallest absolute Gasteiger partial charge is 0.283 e. The van der Waals surface area contributed by atoms with Gasteiger partial charge in [0.25, 0.3) is 5.56 Å². The summed E-state index contributed by atoms with van der Waals surface area (Å²) in [4.78, 5) is 11.7. The molecule has 8 heteroatoms. The molecule has 1 heterocycles. The second kappa shape index (κ2) is 10.8. The van der Waals surface area contributed by atoms with Crippen molar-refractivity contribution in [3.8, 4) is 0 Å². The monoisotopic (exact) mass is 353 g/mol. The van der Waals surface area contributed by atoms with Crippen molar-refractivity contribution in [3.05, 3.63) is 21.0 Å². The lowest BCUT2D eigenvalue weighted by atomic mass is 10.4. The van der Waals surface area contributed by atoms with Gasteiger partial charge in [0.1, 0.15) is 10.2 Å². The highest BCUT2D eigenvalue weighted by atomic mass is 79.9. The molecule has 0 saturated heterocycles. The van der Waals surface area contributed by atoms with Gasteiger partial charge in [0.15, 0.2) is 0 Å². The topological polar surface area (TPSA) is 67.6 Å². The normalized spacial score (nSPS) is 9.90. The average Bonchev–Trinajstić information content (AvgIpc) is 2.46. The molecule has 0 saturated carbocycles. The maximum Gasteiger partial charge on any atom is 0.283 e. The largest absolute Gasteiger partial charge is 0.394 e. The SMILES string of the molecule is CC.CCOCCN(F)c1cnn(CCO)c(=O)c1Br. The Kier molecular flexibility index (Phi) is 10.2. The molecule has 0 amide bonds. The lowest BCUT2D eigenvalue weighted by molar-refractivity contribution is 0.145. The van der Waals surface area contributed by atoms with Crippen LogP contribution in [0.25, 0.3) is 0 Å². The Balaban J connectivity index is 0.00000172. The Morgan fingerprint density at radius 1 is 1.55 bits per heavy atom. The summed E-state index contributed by atoms with van der Waals surface area (Å²) >= 11 is 3.03. The second-order valence-electron chi connectivity index (χ2n) is 3.38. The Bertz CT molecular complexity index is 442. The fourth-order valence-corrected chi connectivity index (χ4v) is 1.79. The van der Waals surface area contributed by atoms with E-state index in [9.17, 15) is 9.28 Å². The molecular formula is C12H21BrFN3O3. The van der Waals surface area contributed by atoms with Crippen molar-refractivity contribution in [2.24, 2.45) is 0 Å². The van der Waals surface area contributed by atoms with Crippen LogP contribution in [-0.4, -0.2) is 41.3 Å². The van der Waals surface area contributed by atoms with Gasteiger partial charge in [-0.2, -0.15) is 5.10 Å². The first-order valence-electron chi connectivity index (χ1n) is 6.49. The molecule has 0 atom stereocenters. The third-order valence-electron chi connectivity index (χ3n) is 2.18. The summed E-state index contributed by atoms with van der Waals surface area (Å²) in [5.41, 5.74) is -0.436. The first kappa shape index (κ1) is 19.0. The van der Waals surface area contributed by atoms with Gasteiger partial charge in [0.2, 0.25) is 0 Å². The van der Waals surface area contributed by atoms with Crippen LogP contribution in [0.5, 0.6) is 0 Å². The Labute approximate surface area is 126 Å². The predicted molar refractivity (Wildman–Crippen MR) is 79.6 cm³/mol. The van der Waals surface area contributed by atoms with Crippen LogP contribution >= 0.6 is 15.9 Å². The third kappa shape index (κ3) is 5.56. The van der Waals surface area contributed by atoms with Crippen molar-refractivity contribution in [3.63, 3.8) is 0 Å². The fraction of sp³-hybridized carbons (Fsp3) is 0.667. The number of halogens is 2. The maximum absolute atomic E-state index is 13.7. The van der Waals surface area contributed by atoms with Gasteiger partial charge in [-0.3, -0.25) is 4.79 Å². The van der Waals surface area contributed by atoms with Crippen LogP contribution in [0.2, 0.25) is 0 Å². The fourth-order valence-electron chi connectivity index (χ4n) is 1.29. The van der Waals surface area contributed by atoms with Gasteiger partial charge in [-0.05, 0) is 22.9 Å². The molecule has 0 aliphatic rings. The van der Waals surface area contributed by atoms with Gasteiger partial charge in [0.05, 0.1) is 32.5 Å². The van der Waals surface area contributed by atoms with Crippen LogP contribution in [0.1, 0.15) is 20.8 Å². The summed E-state index contributed by atoms with van der Waals surface area (Å²) < 4.78 is 19.9. The number of ether oxygens (including phenoxy) is 1. The summed E-state index contributed by atoms with van der Waals surface area (Å²) in [6.45, 7) is 6.42. The molecule has 0 aromatic carbocycles. The van der Waals surface area contributed by atoms with Gasteiger partial charge in [-0.1, -0.05) is 18.3 Å². The van der Waals surface area contributed by atoms with E-state index in [-0.39, 0.29) is 36.5 Å². The summed E-state index contributed by atoms with van der Waals surface area (Å²) in [7, 11) is 0. The van der Waals surface area contributed by atoms with Crippen LogP contribution < -0.4 is 10.7 Å². The number of anilines is 1. The van der Waals surface area contributed by atoms with Gasteiger partial charge in [-0.15, -0.1) is 0 Å². The number of aliphatic hydroxyl groups is 1. The lowest BCUT2D eigenvalue weighted by Gasteiger charge is -2.15. The molecule has 0 aliphatic carbocycles. The van der Waals surface area contributed by atoms with Crippen LogP contribution in [0, 0.1) is 0 Å². The summed E-state index contributed by atoms with van der Waals surface area (Å²) in [5.74, 6) is 0. The van der Waals surface area contributed by atoms with Gasteiger partial charge in [-0.25, -0.2) is 9.80 Å². The number of rotatable bonds is 7. The molecule has 0 bridgehead atoms. The van der Waals surface area contributed by atoms with E-state index in [1.54, 1.807) is 0 Å². The molecule has 0 unspecified atom stereocenters. The zero-order valence-electron chi connectivity index (χ0n) is 12.0. The number of hydrogen-bond donors (Lipinski definition) is 1. The Morgan fingerprint density at radius 2 is 2.20 bits per heavy atom. The molecule has 1 aromatic heterocycles. The van der Waals surface area contributed by atoms with E-state index in [1.165, 1.54) is 6.20 Å². The average molecular weight is 354 g/mol. The van der Waals surface area contributed by atoms with Gasteiger partial charge < -0.3 is 9.84 Å². The van der Waals surface area contributed by atoms with Crippen molar-refractivity contribution < 1.29 is 14.3 Å². The molecule has 0 radical (unpaired) electrons. The number of aliphatic hydroxyl groups excluding tert-OH is 1. The van der Waals surface area contributed by atoms with Crippen LogP contribution in [0.15, 0.2) is 15.5 Å². The summed E-state index contributed by atoms with van der Waals surface area (Å²) in [6, 6.07) is 0. The third-order valence-corrected chi connectivity index (χ3v) is 2.92. The van der Waals surface area contributed by atoms with Gasteiger partial charge in [0, 0.05) is 6.61 Å². The van der Waals surface area contributed by atoms with Crippen LogP contribution in [0.4, 0.5) is 10.2 Å².